The van der Waals surface area contributed by atoms with Crippen molar-refractivity contribution in [3.8, 4) is 17.6 Å². The van der Waals surface area contributed by atoms with E-state index in [-0.39, 0.29) is 17.0 Å². The van der Waals surface area contributed by atoms with Crippen molar-refractivity contribution < 1.29 is 8.42 Å². The Bertz CT molecular complexity index is 1300. The van der Waals surface area contributed by atoms with Crippen molar-refractivity contribution in [2.45, 2.75) is 68.8 Å². The van der Waals surface area contributed by atoms with Gasteiger partial charge in [0.2, 0.25) is 10.0 Å². The normalized spacial score (nSPS) is 17.1. The van der Waals surface area contributed by atoms with Crippen molar-refractivity contribution >= 4 is 21.1 Å². The standard InChI is InChI=1S/C22H24N6O2S/c1-13(2)27-31(29,30)17-11-24-21(25-12-17)20-19(9-23)18-8-15(14-6-7-14)10-26-22(18)28(20)16-4-3-5-16/h8,10-14,16,27H,3-7H2,1-2H3. The lowest BCUT2D eigenvalue weighted by molar-refractivity contribution is 0.322. The molecule has 3 heterocycles. The maximum absolute atomic E-state index is 12.4. The number of nitrogens with one attached hydrogen (secondary N) is 1. The Hall–Kier alpha value is -2.83. The summed E-state index contributed by atoms with van der Waals surface area (Å²) in [5.41, 5.74) is 3.09. The zero-order valence-corrected chi connectivity index (χ0v) is 18.4. The third kappa shape index (κ3) is 3.50. The predicted octanol–water partition coefficient (Wildman–Crippen LogP) is 3.65. The van der Waals surface area contributed by atoms with E-state index < -0.39 is 10.0 Å². The molecule has 0 aliphatic heterocycles. The monoisotopic (exact) mass is 436 g/mol. The Morgan fingerprint density at radius 3 is 2.39 bits per heavy atom. The average molecular weight is 437 g/mol. The third-order valence-corrected chi connectivity index (χ3v) is 7.62. The van der Waals surface area contributed by atoms with Crippen LogP contribution in [0.2, 0.25) is 0 Å². The lowest BCUT2D eigenvalue weighted by Gasteiger charge is -2.29. The van der Waals surface area contributed by atoms with Crippen LogP contribution in [0.3, 0.4) is 0 Å². The Morgan fingerprint density at radius 1 is 1.13 bits per heavy atom. The van der Waals surface area contributed by atoms with Crippen LogP contribution in [-0.4, -0.2) is 34.0 Å². The highest BCUT2D eigenvalue weighted by atomic mass is 32.2. The van der Waals surface area contributed by atoms with E-state index in [9.17, 15) is 13.7 Å². The van der Waals surface area contributed by atoms with Gasteiger partial charge >= 0.3 is 0 Å². The summed E-state index contributed by atoms with van der Waals surface area (Å²) >= 11 is 0. The fourth-order valence-electron chi connectivity index (χ4n) is 4.13. The van der Waals surface area contributed by atoms with Gasteiger partial charge in [-0.1, -0.05) is 0 Å². The van der Waals surface area contributed by atoms with E-state index in [4.69, 9.17) is 4.98 Å². The van der Waals surface area contributed by atoms with Crippen LogP contribution in [0.15, 0.2) is 29.6 Å². The van der Waals surface area contributed by atoms with Crippen LogP contribution in [0.5, 0.6) is 0 Å². The van der Waals surface area contributed by atoms with E-state index in [0.717, 1.165) is 43.1 Å². The van der Waals surface area contributed by atoms with Crippen LogP contribution in [-0.2, 0) is 10.0 Å². The number of sulfonamides is 1. The molecule has 3 aromatic rings. The lowest BCUT2D eigenvalue weighted by atomic mass is 9.92. The van der Waals surface area contributed by atoms with Crippen molar-refractivity contribution in [2.75, 3.05) is 0 Å². The molecule has 3 aromatic heterocycles. The molecule has 8 nitrogen and oxygen atoms in total. The highest BCUT2D eigenvalue weighted by Gasteiger charge is 2.31. The SMILES string of the molecule is CC(C)NS(=O)(=O)c1cnc(-c2c(C#N)c3cc(C4CC4)cnc3n2C2CCC2)nc1. The predicted molar refractivity (Wildman–Crippen MR) is 116 cm³/mol. The molecule has 1 N–H and O–H groups in total. The maximum Gasteiger partial charge on any atom is 0.243 e. The lowest BCUT2D eigenvalue weighted by Crippen LogP contribution is -2.30. The van der Waals surface area contributed by atoms with Gasteiger partial charge in [-0.25, -0.2) is 28.1 Å². The fraction of sp³-hybridized carbons (Fsp3) is 0.455. The number of fused-ring (bicyclic) bond motifs is 1. The van der Waals surface area contributed by atoms with Crippen molar-refractivity contribution in [1.82, 2.24) is 24.2 Å². The molecule has 0 atom stereocenters. The minimum absolute atomic E-state index is 0.00362. The number of nitrogens with zero attached hydrogens (tertiary/aromatic N) is 5. The molecule has 2 saturated carbocycles. The Labute approximate surface area is 181 Å². The van der Waals surface area contributed by atoms with Crippen molar-refractivity contribution in [2.24, 2.45) is 0 Å². The van der Waals surface area contributed by atoms with E-state index in [1.807, 2.05) is 6.20 Å². The second kappa shape index (κ2) is 7.39. The summed E-state index contributed by atoms with van der Waals surface area (Å²) in [4.78, 5) is 13.5. The first-order valence-electron chi connectivity index (χ1n) is 10.7. The first-order chi connectivity index (χ1) is 14.9. The van der Waals surface area contributed by atoms with E-state index in [0.29, 0.717) is 23.0 Å². The summed E-state index contributed by atoms with van der Waals surface area (Å²) in [7, 11) is -3.69. The Kier molecular flexibility index (Phi) is 4.79. The van der Waals surface area contributed by atoms with Crippen LogP contribution in [0, 0.1) is 11.3 Å². The van der Waals surface area contributed by atoms with Gasteiger partial charge in [0, 0.05) is 23.7 Å². The zero-order valence-electron chi connectivity index (χ0n) is 17.5. The molecule has 2 aliphatic carbocycles. The highest BCUT2D eigenvalue weighted by molar-refractivity contribution is 7.89. The summed E-state index contributed by atoms with van der Waals surface area (Å²) < 4.78 is 29.5. The van der Waals surface area contributed by atoms with Crippen LogP contribution in [0.4, 0.5) is 0 Å². The fourth-order valence-corrected chi connectivity index (χ4v) is 5.27. The van der Waals surface area contributed by atoms with Crippen molar-refractivity contribution in [3.63, 3.8) is 0 Å². The molecule has 31 heavy (non-hydrogen) atoms. The first-order valence-corrected chi connectivity index (χ1v) is 12.2. The van der Waals surface area contributed by atoms with Crippen LogP contribution < -0.4 is 4.72 Å². The third-order valence-electron chi connectivity index (χ3n) is 6.00. The summed E-state index contributed by atoms with van der Waals surface area (Å²) in [6, 6.07) is 4.44. The molecule has 2 aliphatic rings. The molecule has 9 heteroatoms. The van der Waals surface area contributed by atoms with Gasteiger partial charge in [-0.05, 0) is 63.5 Å². The zero-order chi connectivity index (χ0) is 21.8. The van der Waals surface area contributed by atoms with Gasteiger partial charge < -0.3 is 4.57 Å². The topological polar surface area (TPSA) is 114 Å². The molecule has 0 amide bonds. The van der Waals surface area contributed by atoms with Gasteiger partial charge in [-0.2, -0.15) is 5.26 Å². The summed E-state index contributed by atoms with van der Waals surface area (Å²) in [5, 5.41) is 10.9. The van der Waals surface area contributed by atoms with E-state index >= 15 is 0 Å². The molecule has 160 valence electrons. The number of nitriles is 1. The smallest absolute Gasteiger partial charge is 0.243 e. The van der Waals surface area contributed by atoms with Gasteiger partial charge in [0.15, 0.2) is 5.82 Å². The van der Waals surface area contributed by atoms with Crippen LogP contribution >= 0.6 is 0 Å². The van der Waals surface area contributed by atoms with Gasteiger partial charge in [0.25, 0.3) is 0 Å². The molecule has 5 rings (SSSR count). The number of pyridine rings is 1. The molecular formula is C22H24N6O2S. The summed E-state index contributed by atoms with van der Waals surface area (Å²) in [6.07, 6.45) is 10.0. The second-order valence-electron chi connectivity index (χ2n) is 8.72. The second-order valence-corrected chi connectivity index (χ2v) is 10.4. The van der Waals surface area contributed by atoms with Gasteiger partial charge in [-0.15, -0.1) is 0 Å². The largest absolute Gasteiger partial charge is 0.318 e. The van der Waals surface area contributed by atoms with Crippen LogP contribution in [0.1, 0.15) is 69.0 Å². The minimum atomic E-state index is -3.69. The Balaban J connectivity index is 1.66. The van der Waals surface area contributed by atoms with E-state index in [1.54, 1.807) is 13.8 Å². The minimum Gasteiger partial charge on any atom is -0.318 e. The number of hydrogen-bond acceptors (Lipinski definition) is 6. The first kappa shape index (κ1) is 20.1. The molecule has 0 spiro atoms. The number of hydrogen-bond donors (Lipinski definition) is 1. The average Bonchev–Trinajstić information content (AvgIpc) is 3.49. The number of aromatic nitrogens is 4. The van der Waals surface area contributed by atoms with Crippen molar-refractivity contribution in [1.29, 1.82) is 5.26 Å². The molecule has 2 fully saturated rings. The van der Waals surface area contributed by atoms with E-state index in [2.05, 4.69) is 31.4 Å². The molecule has 0 unspecified atom stereocenters. The molecule has 0 radical (unpaired) electrons. The highest BCUT2D eigenvalue weighted by Crippen LogP contribution is 2.44. The van der Waals surface area contributed by atoms with E-state index in [1.165, 1.54) is 18.0 Å². The van der Waals surface area contributed by atoms with Crippen LogP contribution in [0.25, 0.3) is 22.6 Å². The quantitative estimate of drug-likeness (QED) is 0.631. The van der Waals surface area contributed by atoms with Crippen molar-refractivity contribution in [3.05, 3.63) is 35.8 Å². The van der Waals surface area contributed by atoms with Gasteiger partial charge in [0.05, 0.1) is 18.0 Å². The molecule has 0 aromatic carbocycles. The maximum atomic E-state index is 12.4. The van der Waals surface area contributed by atoms with Gasteiger partial charge in [0.1, 0.15) is 22.3 Å². The molecule has 0 saturated heterocycles. The number of rotatable bonds is 6. The Morgan fingerprint density at radius 2 is 1.84 bits per heavy atom. The summed E-state index contributed by atoms with van der Waals surface area (Å²) in [5.74, 6) is 0.881. The molecular weight excluding hydrogens is 412 g/mol. The van der Waals surface area contributed by atoms with Gasteiger partial charge in [-0.3, -0.25) is 0 Å². The molecule has 0 bridgehead atoms. The summed E-state index contributed by atoms with van der Waals surface area (Å²) in [6.45, 7) is 3.51.